The number of nitrogens with zero attached hydrogens (tertiary/aromatic N) is 2. The van der Waals surface area contributed by atoms with Crippen molar-refractivity contribution in [1.82, 2.24) is 15.1 Å². The van der Waals surface area contributed by atoms with E-state index in [0.29, 0.717) is 12.8 Å². The fraction of sp³-hybridized carbons (Fsp3) is 0.722. The van der Waals surface area contributed by atoms with Gasteiger partial charge in [-0.15, -0.1) is 0 Å². The number of alkyl carbamates (subject to hydrolysis) is 1. The molecule has 25 heavy (non-hydrogen) atoms. The van der Waals surface area contributed by atoms with Crippen LogP contribution >= 0.6 is 0 Å². The lowest BCUT2D eigenvalue weighted by molar-refractivity contribution is -0.149. The first kappa shape index (κ1) is 21.0. The quantitative estimate of drug-likeness (QED) is 0.749. The Labute approximate surface area is 149 Å². The molecule has 2 N–H and O–H groups in total. The van der Waals surface area contributed by atoms with E-state index < -0.39 is 23.1 Å². The van der Waals surface area contributed by atoms with E-state index in [1.54, 1.807) is 31.6 Å². The SMILES string of the molecule is CCn1cc(CC(CNC(=O)OC(C)(C)C)(CC(C)C)C(=O)O)cn1. The molecule has 1 atom stereocenters. The number of carboxylic acid groups (broad SMARTS) is 1. The first-order valence-electron chi connectivity index (χ1n) is 8.69. The van der Waals surface area contributed by atoms with Crippen LogP contribution in [0.5, 0.6) is 0 Å². The Morgan fingerprint density at radius 1 is 1.36 bits per heavy atom. The van der Waals surface area contributed by atoms with Gasteiger partial charge in [0, 0.05) is 19.3 Å². The van der Waals surface area contributed by atoms with Crippen LogP contribution in [0.3, 0.4) is 0 Å². The number of aromatic nitrogens is 2. The van der Waals surface area contributed by atoms with E-state index in [0.717, 1.165) is 12.1 Å². The molecule has 0 fully saturated rings. The van der Waals surface area contributed by atoms with Gasteiger partial charge in [0.25, 0.3) is 0 Å². The molecule has 0 aromatic carbocycles. The largest absolute Gasteiger partial charge is 0.481 e. The van der Waals surface area contributed by atoms with Crippen molar-refractivity contribution in [2.24, 2.45) is 11.3 Å². The van der Waals surface area contributed by atoms with Crippen LogP contribution in [0.15, 0.2) is 12.4 Å². The summed E-state index contributed by atoms with van der Waals surface area (Å²) in [6.45, 7) is 12.0. The van der Waals surface area contributed by atoms with Crippen molar-refractivity contribution in [2.75, 3.05) is 6.54 Å². The van der Waals surface area contributed by atoms with Crippen molar-refractivity contribution in [3.8, 4) is 0 Å². The van der Waals surface area contributed by atoms with Gasteiger partial charge in [-0.25, -0.2) is 4.79 Å². The third-order valence-electron chi connectivity index (χ3n) is 3.78. The van der Waals surface area contributed by atoms with Crippen LogP contribution in [0, 0.1) is 11.3 Å². The molecule has 0 spiro atoms. The Morgan fingerprint density at radius 3 is 2.44 bits per heavy atom. The molecule has 0 radical (unpaired) electrons. The van der Waals surface area contributed by atoms with E-state index in [2.05, 4.69) is 10.4 Å². The molecule has 0 aliphatic heterocycles. The second-order valence-corrected chi connectivity index (χ2v) is 7.92. The zero-order chi connectivity index (χ0) is 19.3. The van der Waals surface area contributed by atoms with Gasteiger partial charge in [-0.05, 0) is 52.0 Å². The van der Waals surface area contributed by atoms with Crippen LogP contribution < -0.4 is 5.32 Å². The van der Waals surface area contributed by atoms with E-state index in [1.807, 2.05) is 27.0 Å². The number of carboxylic acids is 1. The summed E-state index contributed by atoms with van der Waals surface area (Å²) in [6, 6.07) is 0. The van der Waals surface area contributed by atoms with Crippen LogP contribution in [0.2, 0.25) is 0 Å². The fourth-order valence-corrected chi connectivity index (χ4v) is 2.84. The van der Waals surface area contributed by atoms with Gasteiger partial charge in [-0.2, -0.15) is 5.10 Å². The van der Waals surface area contributed by atoms with E-state index in [4.69, 9.17) is 4.74 Å². The van der Waals surface area contributed by atoms with Crippen molar-refractivity contribution >= 4 is 12.1 Å². The summed E-state index contributed by atoms with van der Waals surface area (Å²) in [5.41, 5.74) is -0.890. The Bertz CT molecular complexity index is 589. The highest BCUT2D eigenvalue weighted by Crippen LogP contribution is 2.31. The van der Waals surface area contributed by atoms with Crippen LogP contribution in [-0.2, 0) is 22.5 Å². The highest BCUT2D eigenvalue weighted by atomic mass is 16.6. The van der Waals surface area contributed by atoms with Gasteiger partial charge in [0.05, 0.1) is 11.6 Å². The maximum Gasteiger partial charge on any atom is 0.407 e. The highest BCUT2D eigenvalue weighted by Gasteiger charge is 2.40. The summed E-state index contributed by atoms with van der Waals surface area (Å²) in [6.07, 6.45) is 3.68. The fourth-order valence-electron chi connectivity index (χ4n) is 2.84. The normalized spacial score (nSPS) is 14.2. The van der Waals surface area contributed by atoms with Gasteiger partial charge in [-0.1, -0.05) is 13.8 Å². The Kier molecular flexibility index (Phi) is 7.02. The smallest absolute Gasteiger partial charge is 0.407 e. The van der Waals surface area contributed by atoms with Crippen LogP contribution in [0.25, 0.3) is 0 Å². The first-order chi connectivity index (χ1) is 11.5. The predicted octanol–water partition coefficient (Wildman–Crippen LogP) is 3.09. The first-order valence-corrected chi connectivity index (χ1v) is 8.69. The second-order valence-electron chi connectivity index (χ2n) is 7.92. The number of nitrogens with one attached hydrogen (secondary N) is 1. The molecule has 0 bridgehead atoms. The van der Waals surface area contributed by atoms with Gasteiger partial charge in [0.15, 0.2) is 0 Å². The van der Waals surface area contributed by atoms with E-state index in [1.165, 1.54) is 0 Å². The van der Waals surface area contributed by atoms with Gasteiger partial charge in [-0.3, -0.25) is 9.48 Å². The standard InChI is InChI=1S/C18H31N3O4/c1-7-21-11-14(10-20-21)9-18(15(22)23,8-13(2)3)12-19-16(24)25-17(4,5)6/h10-11,13H,7-9,12H2,1-6H3,(H,19,24)(H,22,23). The lowest BCUT2D eigenvalue weighted by atomic mass is 9.75. The zero-order valence-corrected chi connectivity index (χ0v) is 16.1. The van der Waals surface area contributed by atoms with Gasteiger partial charge in [0.1, 0.15) is 5.60 Å². The Morgan fingerprint density at radius 2 is 2.00 bits per heavy atom. The van der Waals surface area contributed by atoms with Crippen molar-refractivity contribution in [3.63, 3.8) is 0 Å². The molecular weight excluding hydrogens is 322 g/mol. The molecule has 0 aliphatic carbocycles. The van der Waals surface area contributed by atoms with Crippen LogP contribution in [-0.4, -0.2) is 39.1 Å². The molecule has 1 aromatic rings. The number of aryl methyl sites for hydroxylation is 1. The third-order valence-corrected chi connectivity index (χ3v) is 3.78. The Balaban J connectivity index is 2.97. The molecule has 0 aliphatic rings. The monoisotopic (exact) mass is 353 g/mol. The van der Waals surface area contributed by atoms with Crippen molar-refractivity contribution in [2.45, 2.75) is 66.5 Å². The molecule has 0 saturated heterocycles. The van der Waals surface area contributed by atoms with E-state index >= 15 is 0 Å². The summed E-state index contributed by atoms with van der Waals surface area (Å²) in [4.78, 5) is 24.1. The number of hydrogen-bond donors (Lipinski definition) is 2. The second kappa shape index (κ2) is 8.36. The summed E-state index contributed by atoms with van der Waals surface area (Å²) in [5.74, 6) is -0.765. The van der Waals surface area contributed by atoms with Gasteiger partial charge in [0.2, 0.25) is 0 Å². The number of carbonyl (C=O) groups excluding carboxylic acids is 1. The minimum Gasteiger partial charge on any atom is -0.481 e. The van der Waals surface area contributed by atoms with Crippen molar-refractivity contribution in [1.29, 1.82) is 0 Å². The minimum absolute atomic E-state index is 0.00668. The molecule has 1 aromatic heterocycles. The lowest BCUT2D eigenvalue weighted by Crippen LogP contribution is -2.46. The highest BCUT2D eigenvalue weighted by molar-refractivity contribution is 5.77. The Hall–Kier alpha value is -2.05. The maximum atomic E-state index is 12.1. The molecule has 7 nitrogen and oxygen atoms in total. The molecule has 1 unspecified atom stereocenters. The van der Waals surface area contributed by atoms with Crippen molar-refractivity contribution < 1.29 is 19.4 Å². The molecular formula is C18H31N3O4. The molecule has 1 heterocycles. The van der Waals surface area contributed by atoms with E-state index in [9.17, 15) is 14.7 Å². The number of rotatable bonds is 8. The van der Waals surface area contributed by atoms with Gasteiger partial charge < -0.3 is 15.2 Å². The minimum atomic E-state index is -1.10. The number of ether oxygens (including phenoxy) is 1. The zero-order valence-electron chi connectivity index (χ0n) is 16.1. The predicted molar refractivity (Wildman–Crippen MR) is 95.4 cm³/mol. The molecule has 142 valence electrons. The number of hydrogen-bond acceptors (Lipinski definition) is 4. The summed E-state index contributed by atoms with van der Waals surface area (Å²) in [5, 5.41) is 16.8. The average Bonchev–Trinajstić information content (AvgIpc) is 2.89. The summed E-state index contributed by atoms with van der Waals surface area (Å²) < 4.78 is 6.99. The summed E-state index contributed by atoms with van der Waals surface area (Å²) >= 11 is 0. The third kappa shape index (κ3) is 6.76. The van der Waals surface area contributed by atoms with Gasteiger partial charge >= 0.3 is 12.1 Å². The number of amides is 1. The summed E-state index contributed by atoms with van der Waals surface area (Å²) in [7, 11) is 0. The van der Waals surface area contributed by atoms with Crippen LogP contribution in [0.4, 0.5) is 4.79 Å². The number of carbonyl (C=O) groups is 2. The van der Waals surface area contributed by atoms with E-state index in [-0.39, 0.29) is 12.5 Å². The topological polar surface area (TPSA) is 93.5 Å². The van der Waals surface area contributed by atoms with Crippen molar-refractivity contribution in [3.05, 3.63) is 18.0 Å². The maximum absolute atomic E-state index is 12.1. The number of aliphatic carboxylic acids is 1. The molecule has 7 heteroatoms. The average molecular weight is 353 g/mol. The van der Waals surface area contributed by atoms with Crippen LogP contribution in [0.1, 0.15) is 53.5 Å². The molecule has 1 amide bonds. The molecule has 1 rings (SSSR count). The molecule has 0 saturated carbocycles. The lowest BCUT2D eigenvalue weighted by Gasteiger charge is -2.31.